The van der Waals surface area contributed by atoms with Crippen LogP contribution in [-0.4, -0.2) is 45.2 Å². The quantitative estimate of drug-likeness (QED) is 0.614. The second kappa shape index (κ2) is 8.59. The van der Waals surface area contributed by atoms with Crippen LogP contribution in [0.1, 0.15) is 19.0 Å². The van der Waals surface area contributed by atoms with E-state index in [-0.39, 0.29) is 11.8 Å². The number of carbonyl (C=O) groups excluding carboxylic acids is 1. The summed E-state index contributed by atoms with van der Waals surface area (Å²) in [6.45, 7) is 3.28. The van der Waals surface area contributed by atoms with Crippen molar-refractivity contribution in [1.82, 2.24) is 15.6 Å². The normalized spacial score (nSPS) is 12.2. The molecule has 0 aliphatic heterocycles. The maximum absolute atomic E-state index is 11.8. The molecule has 0 fully saturated rings. The van der Waals surface area contributed by atoms with Gasteiger partial charge in [0.15, 0.2) is 0 Å². The fraction of sp³-hybridized carbons (Fsp3) is 0.500. The van der Waals surface area contributed by atoms with Gasteiger partial charge in [-0.25, -0.2) is 0 Å². The third kappa shape index (κ3) is 4.41. The maximum atomic E-state index is 11.8. The van der Waals surface area contributed by atoms with Gasteiger partial charge < -0.3 is 25.1 Å². The molecular weight excluding hydrogens is 306 g/mol. The summed E-state index contributed by atoms with van der Waals surface area (Å²) < 4.78 is 10.7. The van der Waals surface area contributed by atoms with E-state index in [0.717, 1.165) is 40.9 Å². The van der Waals surface area contributed by atoms with Gasteiger partial charge in [-0.2, -0.15) is 0 Å². The number of fused-ring (bicyclic) bond motifs is 1. The van der Waals surface area contributed by atoms with Gasteiger partial charge in [-0.3, -0.25) is 4.79 Å². The van der Waals surface area contributed by atoms with Crippen molar-refractivity contribution in [2.24, 2.45) is 5.92 Å². The third-order valence-electron chi connectivity index (χ3n) is 4.07. The number of rotatable bonds is 9. The monoisotopic (exact) mass is 333 g/mol. The second-order valence-corrected chi connectivity index (χ2v) is 5.94. The average Bonchev–Trinajstić information content (AvgIpc) is 3.00. The number of aromatic amines is 1. The van der Waals surface area contributed by atoms with Crippen molar-refractivity contribution in [2.75, 3.05) is 34.4 Å². The largest absolute Gasteiger partial charge is 0.497 e. The van der Waals surface area contributed by atoms with Gasteiger partial charge in [0, 0.05) is 42.2 Å². The molecule has 2 aromatic rings. The third-order valence-corrected chi connectivity index (χ3v) is 4.07. The Labute approximate surface area is 142 Å². The molecule has 1 amide bonds. The number of carbonyl (C=O) groups is 1. The van der Waals surface area contributed by atoms with Gasteiger partial charge in [0.1, 0.15) is 11.5 Å². The molecule has 6 nitrogen and oxygen atoms in total. The van der Waals surface area contributed by atoms with E-state index >= 15 is 0 Å². The zero-order chi connectivity index (χ0) is 17.5. The Morgan fingerprint density at radius 1 is 1.25 bits per heavy atom. The van der Waals surface area contributed by atoms with Crippen molar-refractivity contribution in [1.29, 1.82) is 0 Å². The Morgan fingerprint density at radius 3 is 2.71 bits per heavy atom. The first kappa shape index (κ1) is 18.1. The summed E-state index contributed by atoms with van der Waals surface area (Å²) in [7, 11) is 5.15. The molecule has 3 N–H and O–H groups in total. The zero-order valence-electron chi connectivity index (χ0n) is 14.9. The van der Waals surface area contributed by atoms with E-state index in [1.54, 1.807) is 14.2 Å². The van der Waals surface area contributed by atoms with Crippen molar-refractivity contribution in [3.8, 4) is 11.5 Å². The van der Waals surface area contributed by atoms with Crippen molar-refractivity contribution >= 4 is 16.8 Å². The van der Waals surface area contributed by atoms with Crippen LogP contribution in [0.3, 0.4) is 0 Å². The van der Waals surface area contributed by atoms with E-state index in [9.17, 15) is 4.79 Å². The molecular formula is C18H27N3O3. The van der Waals surface area contributed by atoms with Crippen molar-refractivity contribution in [3.05, 3.63) is 23.9 Å². The number of ether oxygens (including phenoxy) is 2. The van der Waals surface area contributed by atoms with Gasteiger partial charge in [-0.15, -0.1) is 0 Å². The summed E-state index contributed by atoms with van der Waals surface area (Å²) in [5, 5.41) is 7.03. The average molecular weight is 333 g/mol. The molecule has 0 aliphatic carbocycles. The number of methoxy groups -OCH3 is 2. The number of nitrogens with one attached hydrogen (secondary N) is 3. The number of hydrogen-bond acceptors (Lipinski definition) is 4. The van der Waals surface area contributed by atoms with Gasteiger partial charge in [0.05, 0.1) is 19.7 Å². The predicted molar refractivity (Wildman–Crippen MR) is 95.8 cm³/mol. The summed E-state index contributed by atoms with van der Waals surface area (Å²) in [5.74, 6) is 1.63. The minimum absolute atomic E-state index is 0.0141. The molecule has 1 heterocycles. The summed E-state index contributed by atoms with van der Waals surface area (Å²) in [6.07, 6.45) is 1.74. The Kier molecular flexibility index (Phi) is 6.49. The highest BCUT2D eigenvalue weighted by Crippen LogP contribution is 2.31. The van der Waals surface area contributed by atoms with Crippen molar-refractivity contribution in [3.63, 3.8) is 0 Å². The number of hydrogen-bond donors (Lipinski definition) is 3. The highest BCUT2D eigenvalue weighted by molar-refractivity contribution is 5.88. The van der Waals surface area contributed by atoms with Gasteiger partial charge >= 0.3 is 0 Å². The van der Waals surface area contributed by atoms with Gasteiger partial charge in [-0.1, -0.05) is 6.92 Å². The molecule has 1 aromatic carbocycles. The molecule has 0 bridgehead atoms. The van der Waals surface area contributed by atoms with Crippen LogP contribution in [0.4, 0.5) is 0 Å². The van der Waals surface area contributed by atoms with E-state index in [1.807, 2.05) is 26.1 Å². The smallest absolute Gasteiger partial charge is 0.224 e. The van der Waals surface area contributed by atoms with E-state index < -0.39 is 0 Å². The van der Waals surface area contributed by atoms with Gasteiger partial charge in [0.2, 0.25) is 5.91 Å². The molecule has 1 aromatic heterocycles. The fourth-order valence-electron chi connectivity index (χ4n) is 2.72. The number of aryl methyl sites for hydroxylation is 1. The zero-order valence-corrected chi connectivity index (χ0v) is 14.9. The summed E-state index contributed by atoms with van der Waals surface area (Å²) in [6, 6.07) is 5.94. The molecule has 0 radical (unpaired) electrons. The van der Waals surface area contributed by atoms with Crippen LogP contribution in [0.15, 0.2) is 18.2 Å². The lowest BCUT2D eigenvalue weighted by Gasteiger charge is -2.11. The molecule has 0 saturated heterocycles. The molecule has 6 heteroatoms. The first-order valence-corrected chi connectivity index (χ1v) is 8.25. The molecule has 132 valence electrons. The van der Waals surface area contributed by atoms with E-state index in [4.69, 9.17) is 9.47 Å². The first-order valence-electron chi connectivity index (χ1n) is 8.25. The lowest BCUT2D eigenvalue weighted by Crippen LogP contribution is -2.34. The van der Waals surface area contributed by atoms with E-state index in [1.165, 1.54) is 0 Å². The van der Waals surface area contributed by atoms with Crippen molar-refractivity contribution in [2.45, 2.75) is 19.8 Å². The SMILES string of the molecule is CNCC(C)C(=O)NCCCc1cc2c(OC)cc(OC)cc2[nH]1. The van der Waals surface area contributed by atoms with E-state index in [0.29, 0.717) is 13.1 Å². The topological polar surface area (TPSA) is 75.4 Å². The number of amides is 1. The predicted octanol–water partition coefficient (Wildman–Crippen LogP) is 2.09. The number of aromatic nitrogens is 1. The fourth-order valence-corrected chi connectivity index (χ4v) is 2.72. The minimum atomic E-state index is -0.0141. The van der Waals surface area contributed by atoms with Crippen LogP contribution in [0.2, 0.25) is 0 Å². The lowest BCUT2D eigenvalue weighted by molar-refractivity contribution is -0.124. The van der Waals surface area contributed by atoms with Crippen LogP contribution >= 0.6 is 0 Å². The Morgan fingerprint density at radius 2 is 2.04 bits per heavy atom. The molecule has 1 unspecified atom stereocenters. The van der Waals surface area contributed by atoms with Gasteiger partial charge in [-0.05, 0) is 26.0 Å². The first-order chi connectivity index (χ1) is 11.6. The molecule has 0 saturated carbocycles. The maximum Gasteiger partial charge on any atom is 0.224 e. The number of H-pyrrole nitrogens is 1. The highest BCUT2D eigenvalue weighted by atomic mass is 16.5. The Balaban J connectivity index is 1.93. The molecule has 1 atom stereocenters. The van der Waals surface area contributed by atoms with Gasteiger partial charge in [0.25, 0.3) is 0 Å². The van der Waals surface area contributed by atoms with Crippen LogP contribution in [0.5, 0.6) is 11.5 Å². The summed E-state index contributed by atoms with van der Waals surface area (Å²) in [5.41, 5.74) is 2.11. The molecule has 24 heavy (non-hydrogen) atoms. The van der Waals surface area contributed by atoms with E-state index in [2.05, 4.69) is 21.7 Å². The molecule has 0 spiro atoms. The molecule has 0 aliphatic rings. The lowest BCUT2D eigenvalue weighted by atomic mass is 10.1. The summed E-state index contributed by atoms with van der Waals surface area (Å²) in [4.78, 5) is 15.2. The standard InChI is InChI=1S/C18H27N3O3/c1-12(11-19-2)18(22)20-7-5-6-13-8-15-16(21-13)9-14(23-3)10-17(15)24-4/h8-10,12,19,21H,5-7,11H2,1-4H3,(H,20,22). The van der Waals surface area contributed by atoms with Crippen LogP contribution in [0, 0.1) is 5.92 Å². The minimum Gasteiger partial charge on any atom is -0.497 e. The molecule has 2 rings (SSSR count). The van der Waals surface area contributed by atoms with Crippen molar-refractivity contribution < 1.29 is 14.3 Å². The Hall–Kier alpha value is -2.21. The van der Waals surface area contributed by atoms with Crippen LogP contribution in [-0.2, 0) is 11.2 Å². The Bertz CT molecular complexity index is 681. The van der Waals surface area contributed by atoms with Crippen LogP contribution < -0.4 is 20.1 Å². The van der Waals surface area contributed by atoms with Crippen LogP contribution in [0.25, 0.3) is 10.9 Å². The number of benzene rings is 1. The second-order valence-electron chi connectivity index (χ2n) is 5.94. The highest BCUT2D eigenvalue weighted by Gasteiger charge is 2.11. The summed E-state index contributed by atoms with van der Waals surface area (Å²) >= 11 is 0.